The van der Waals surface area contributed by atoms with E-state index in [9.17, 15) is 4.39 Å². The number of aromatic nitrogens is 2. The lowest BCUT2D eigenvalue weighted by molar-refractivity contribution is 0.122. The van der Waals surface area contributed by atoms with Gasteiger partial charge in [0.05, 0.1) is 13.2 Å². The van der Waals surface area contributed by atoms with Gasteiger partial charge in [-0.1, -0.05) is 6.07 Å². The third-order valence-corrected chi connectivity index (χ3v) is 4.93. The van der Waals surface area contributed by atoms with Gasteiger partial charge < -0.3 is 25.0 Å². The number of nitrogens with one attached hydrogen (secondary N) is 1. The second kappa shape index (κ2) is 10.2. The van der Waals surface area contributed by atoms with Crippen LogP contribution in [0.2, 0.25) is 0 Å². The molecule has 1 atom stereocenters. The van der Waals surface area contributed by atoms with Crippen molar-refractivity contribution < 1.29 is 14.2 Å². The third-order valence-electron chi connectivity index (χ3n) is 4.93. The minimum absolute atomic E-state index is 0.191. The first-order chi connectivity index (χ1) is 13.8. The molecule has 2 N–H and O–H groups in total. The monoisotopic (exact) mass is 389 g/mol. The van der Waals surface area contributed by atoms with Gasteiger partial charge in [-0.05, 0) is 31.0 Å². The Hall–Kier alpha value is -2.45. The van der Waals surface area contributed by atoms with Gasteiger partial charge >= 0.3 is 0 Å². The minimum Gasteiger partial charge on any atom is -0.400 e. The fraction of sp³-hybridized carbons (Fsp3) is 0.500. The quantitative estimate of drug-likeness (QED) is 0.830. The lowest BCUT2D eigenvalue weighted by Gasteiger charge is -2.35. The molecule has 28 heavy (non-hydrogen) atoms. The molecule has 2 aliphatic heterocycles. The highest BCUT2D eigenvalue weighted by atomic mass is 19.1. The van der Waals surface area contributed by atoms with Crippen molar-refractivity contribution in [3.05, 3.63) is 42.5 Å². The van der Waals surface area contributed by atoms with Crippen LogP contribution in [0.25, 0.3) is 0 Å². The molecule has 2 saturated heterocycles. The van der Waals surface area contributed by atoms with E-state index in [2.05, 4.69) is 25.1 Å². The molecule has 8 heteroatoms. The lowest BCUT2D eigenvalue weighted by Crippen LogP contribution is -2.42. The Kier molecular flexibility index (Phi) is 7.39. The van der Waals surface area contributed by atoms with Crippen LogP contribution in [0.1, 0.15) is 12.8 Å². The van der Waals surface area contributed by atoms with Gasteiger partial charge in [-0.2, -0.15) is 0 Å². The van der Waals surface area contributed by atoms with E-state index < -0.39 is 0 Å². The van der Waals surface area contributed by atoms with Gasteiger partial charge in [0.25, 0.3) is 0 Å². The van der Waals surface area contributed by atoms with E-state index in [1.165, 1.54) is 6.07 Å². The molecule has 0 amide bonds. The summed E-state index contributed by atoms with van der Waals surface area (Å²) >= 11 is 0. The van der Waals surface area contributed by atoms with Gasteiger partial charge in [-0.25, -0.2) is 14.4 Å². The van der Waals surface area contributed by atoms with Crippen LogP contribution in [0.4, 0.5) is 21.7 Å². The molecule has 3 heterocycles. The Bertz CT molecular complexity index is 742. The number of hydrogen-bond acceptors (Lipinski definition) is 7. The van der Waals surface area contributed by atoms with Gasteiger partial charge in [0, 0.05) is 51.1 Å². The number of anilines is 3. The Morgan fingerprint density at radius 1 is 1.11 bits per heavy atom. The van der Waals surface area contributed by atoms with Crippen LogP contribution in [-0.4, -0.2) is 67.6 Å². The fourth-order valence-electron chi connectivity index (χ4n) is 3.60. The van der Waals surface area contributed by atoms with Gasteiger partial charge in [-0.3, -0.25) is 0 Å². The normalized spacial score (nSPS) is 19.6. The van der Waals surface area contributed by atoms with Crippen molar-refractivity contribution in [3.63, 3.8) is 0 Å². The van der Waals surface area contributed by atoms with E-state index in [1.54, 1.807) is 18.5 Å². The largest absolute Gasteiger partial charge is 0.400 e. The molecule has 1 unspecified atom stereocenters. The first kappa shape index (κ1) is 20.3. The third kappa shape index (κ3) is 5.30. The van der Waals surface area contributed by atoms with E-state index in [0.717, 1.165) is 76.7 Å². The molecule has 0 bridgehead atoms. The summed E-state index contributed by atoms with van der Waals surface area (Å²) in [6, 6.07) is 9.10. The molecule has 1 aromatic heterocycles. The number of nitrogens with zero attached hydrogens (tertiary/aromatic N) is 4. The Morgan fingerprint density at radius 2 is 1.93 bits per heavy atom. The number of rotatable bonds is 4. The van der Waals surface area contributed by atoms with Crippen LogP contribution >= 0.6 is 0 Å². The van der Waals surface area contributed by atoms with Crippen molar-refractivity contribution >= 4 is 17.3 Å². The summed E-state index contributed by atoms with van der Waals surface area (Å²) in [6.45, 7) is 4.96. The van der Waals surface area contributed by atoms with E-state index in [1.807, 2.05) is 12.1 Å². The van der Waals surface area contributed by atoms with Crippen LogP contribution in [0.5, 0.6) is 0 Å². The fourth-order valence-corrected chi connectivity index (χ4v) is 3.60. The molecule has 0 radical (unpaired) electrons. The van der Waals surface area contributed by atoms with E-state index in [0.29, 0.717) is 0 Å². The summed E-state index contributed by atoms with van der Waals surface area (Å²) in [6.07, 6.45) is 3.75. The Labute approximate surface area is 165 Å². The van der Waals surface area contributed by atoms with E-state index >= 15 is 0 Å². The number of aliphatic hydroxyl groups excluding tert-OH is 1. The average molecular weight is 389 g/mol. The Balaban J connectivity index is 0.00000109. The van der Waals surface area contributed by atoms with Crippen LogP contribution in [0.15, 0.2) is 36.7 Å². The van der Waals surface area contributed by atoms with Crippen molar-refractivity contribution in [1.82, 2.24) is 9.97 Å². The number of aliphatic hydroxyl groups is 1. The zero-order valence-electron chi connectivity index (χ0n) is 16.2. The van der Waals surface area contributed by atoms with Gasteiger partial charge in [-0.15, -0.1) is 0 Å². The predicted octanol–water partition coefficient (Wildman–Crippen LogP) is 2.14. The highest BCUT2D eigenvalue weighted by Crippen LogP contribution is 2.23. The molecule has 7 nitrogen and oxygen atoms in total. The predicted molar refractivity (Wildman–Crippen MR) is 108 cm³/mol. The summed E-state index contributed by atoms with van der Waals surface area (Å²) in [7, 11) is 1.00. The van der Waals surface area contributed by atoms with Crippen LogP contribution < -0.4 is 15.1 Å². The van der Waals surface area contributed by atoms with E-state index in [4.69, 9.17) is 9.84 Å². The maximum absolute atomic E-state index is 13.5. The first-order valence-corrected chi connectivity index (χ1v) is 9.64. The molecular weight excluding hydrogens is 361 g/mol. The topological polar surface area (TPSA) is 73.8 Å². The molecular formula is C20H28FN5O2. The maximum Gasteiger partial charge on any atom is 0.134 e. The molecule has 152 valence electrons. The highest BCUT2D eigenvalue weighted by Gasteiger charge is 2.21. The summed E-state index contributed by atoms with van der Waals surface area (Å²) in [5.74, 6) is 1.58. The second-order valence-corrected chi connectivity index (χ2v) is 6.77. The first-order valence-electron chi connectivity index (χ1n) is 9.64. The van der Waals surface area contributed by atoms with E-state index in [-0.39, 0.29) is 11.9 Å². The SMILES string of the molecule is CO.Fc1cccc(N2CCCC(Nc3cc(N4CCOCC4)ncn3)C2)c1. The molecule has 0 spiro atoms. The zero-order valence-corrected chi connectivity index (χ0v) is 16.2. The number of benzene rings is 1. The summed E-state index contributed by atoms with van der Waals surface area (Å²) in [5, 5.41) is 10.5. The maximum atomic E-state index is 13.5. The molecule has 2 aromatic rings. The second-order valence-electron chi connectivity index (χ2n) is 6.77. The average Bonchev–Trinajstić information content (AvgIpc) is 2.76. The van der Waals surface area contributed by atoms with Crippen molar-refractivity contribution in [1.29, 1.82) is 0 Å². The van der Waals surface area contributed by atoms with Crippen LogP contribution in [0.3, 0.4) is 0 Å². The van der Waals surface area contributed by atoms with Crippen molar-refractivity contribution in [2.24, 2.45) is 0 Å². The molecule has 1 aromatic carbocycles. The smallest absolute Gasteiger partial charge is 0.134 e. The van der Waals surface area contributed by atoms with Crippen molar-refractivity contribution in [2.45, 2.75) is 18.9 Å². The number of hydrogen-bond donors (Lipinski definition) is 2. The molecule has 0 aliphatic carbocycles. The number of morpholine rings is 1. The zero-order chi connectivity index (χ0) is 19.8. The van der Waals surface area contributed by atoms with Crippen molar-refractivity contribution in [3.8, 4) is 0 Å². The number of piperidine rings is 1. The number of ether oxygens (including phenoxy) is 1. The molecule has 2 fully saturated rings. The standard InChI is InChI=1S/C19H24FN5O.CH4O/c20-15-3-1-5-17(11-15)25-6-2-4-16(13-25)23-18-12-19(22-14-21-18)24-7-9-26-10-8-24;1-2/h1,3,5,11-12,14,16H,2,4,6-10,13H2,(H,21,22,23);2H,1H3. The molecule has 0 saturated carbocycles. The molecule has 2 aliphatic rings. The lowest BCUT2D eigenvalue weighted by atomic mass is 10.0. The van der Waals surface area contributed by atoms with Gasteiger partial charge in [0.2, 0.25) is 0 Å². The molecule has 4 rings (SSSR count). The van der Waals surface area contributed by atoms with Gasteiger partial charge in [0.1, 0.15) is 23.8 Å². The van der Waals surface area contributed by atoms with Gasteiger partial charge in [0.15, 0.2) is 0 Å². The summed E-state index contributed by atoms with van der Waals surface area (Å²) in [5.41, 5.74) is 0.938. The minimum atomic E-state index is -0.191. The summed E-state index contributed by atoms with van der Waals surface area (Å²) in [4.78, 5) is 13.2. The summed E-state index contributed by atoms with van der Waals surface area (Å²) < 4.78 is 18.9. The van der Waals surface area contributed by atoms with Crippen molar-refractivity contribution in [2.75, 3.05) is 61.6 Å². The number of halogens is 1. The highest BCUT2D eigenvalue weighted by molar-refractivity contribution is 5.51. The van der Waals surface area contributed by atoms with Crippen LogP contribution in [-0.2, 0) is 4.74 Å². The Morgan fingerprint density at radius 3 is 2.71 bits per heavy atom. The van der Waals surface area contributed by atoms with Crippen LogP contribution in [0, 0.1) is 5.82 Å².